The van der Waals surface area contributed by atoms with Crippen LogP contribution in [0.1, 0.15) is 0 Å². The van der Waals surface area contributed by atoms with E-state index in [1.165, 1.54) is 0 Å². The fraction of sp³-hybridized carbons (Fsp3) is 0. The van der Waals surface area contributed by atoms with Crippen LogP contribution in [0, 0.1) is 0 Å². The largest absolute Gasteiger partial charge is 0.396 e. The molecule has 0 aliphatic rings. The number of aromatic nitrogens is 3. The van der Waals surface area contributed by atoms with Gasteiger partial charge in [0.25, 0.3) is 0 Å². The van der Waals surface area contributed by atoms with Crippen LogP contribution >= 0.6 is 15.9 Å². The summed E-state index contributed by atoms with van der Waals surface area (Å²) in [7, 11) is 0. The van der Waals surface area contributed by atoms with Crippen LogP contribution in [0.25, 0.3) is 5.82 Å². The Kier molecular flexibility index (Phi) is 2.02. The van der Waals surface area contributed by atoms with Crippen molar-refractivity contribution in [2.45, 2.75) is 0 Å². The van der Waals surface area contributed by atoms with E-state index in [1.54, 1.807) is 23.3 Å². The van der Waals surface area contributed by atoms with Gasteiger partial charge in [0.05, 0.1) is 18.1 Å². The summed E-state index contributed by atoms with van der Waals surface area (Å²) in [6, 6.07) is 3.76. The summed E-state index contributed by atoms with van der Waals surface area (Å²) in [4.78, 5) is 4.16. The van der Waals surface area contributed by atoms with Crippen molar-refractivity contribution in [1.82, 2.24) is 14.8 Å². The lowest BCUT2D eigenvalue weighted by Crippen LogP contribution is -1.96. The molecule has 2 N–H and O–H groups in total. The number of nitrogen functional groups attached to an aromatic ring is 1. The van der Waals surface area contributed by atoms with E-state index in [0.29, 0.717) is 5.69 Å². The number of nitrogens with two attached hydrogens (primary N) is 1. The Bertz CT molecular complexity index is 406. The second-order valence-electron chi connectivity index (χ2n) is 2.55. The lowest BCUT2D eigenvalue weighted by molar-refractivity contribution is 0.846. The average Bonchev–Trinajstić information content (AvgIpc) is 2.53. The molecule has 4 nitrogen and oxygen atoms in total. The SMILES string of the molecule is Nc1cnn(-c2ccc(Br)cn2)c1. The molecule has 2 heterocycles. The molecule has 0 radical (unpaired) electrons. The topological polar surface area (TPSA) is 56.7 Å². The highest BCUT2D eigenvalue weighted by Crippen LogP contribution is 2.10. The molecular formula is C8H7BrN4. The Hall–Kier alpha value is -1.36. The molecule has 2 rings (SSSR count). The number of nitrogens with zero attached hydrogens (tertiary/aromatic N) is 3. The van der Waals surface area contributed by atoms with E-state index in [-0.39, 0.29) is 0 Å². The van der Waals surface area contributed by atoms with Gasteiger partial charge in [-0.15, -0.1) is 0 Å². The number of halogens is 1. The Morgan fingerprint density at radius 1 is 1.31 bits per heavy atom. The van der Waals surface area contributed by atoms with Crippen LogP contribution in [0.15, 0.2) is 35.2 Å². The van der Waals surface area contributed by atoms with Gasteiger partial charge in [0.15, 0.2) is 5.82 Å². The van der Waals surface area contributed by atoms with Crippen LogP contribution in [0.2, 0.25) is 0 Å². The summed E-state index contributed by atoms with van der Waals surface area (Å²) in [6.45, 7) is 0. The fourth-order valence-corrected chi connectivity index (χ4v) is 1.20. The fourth-order valence-electron chi connectivity index (χ4n) is 0.966. The first-order valence-electron chi connectivity index (χ1n) is 3.68. The molecule has 0 amide bonds. The zero-order valence-electron chi connectivity index (χ0n) is 6.68. The highest BCUT2D eigenvalue weighted by atomic mass is 79.9. The molecule has 0 aliphatic heterocycles. The molecule has 66 valence electrons. The van der Waals surface area contributed by atoms with E-state index in [4.69, 9.17) is 5.73 Å². The van der Waals surface area contributed by atoms with E-state index in [0.717, 1.165) is 10.3 Å². The molecule has 2 aromatic heterocycles. The summed E-state index contributed by atoms with van der Waals surface area (Å²) < 4.78 is 2.57. The predicted octanol–water partition coefficient (Wildman–Crippen LogP) is 1.61. The zero-order chi connectivity index (χ0) is 9.26. The van der Waals surface area contributed by atoms with Gasteiger partial charge >= 0.3 is 0 Å². The van der Waals surface area contributed by atoms with Crippen molar-refractivity contribution in [3.05, 3.63) is 35.2 Å². The summed E-state index contributed by atoms with van der Waals surface area (Å²) >= 11 is 3.31. The minimum absolute atomic E-state index is 0.629. The van der Waals surface area contributed by atoms with E-state index >= 15 is 0 Å². The molecule has 2 aromatic rings. The molecule has 0 saturated heterocycles. The maximum atomic E-state index is 5.53. The van der Waals surface area contributed by atoms with E-state index in [1.807, 2.05) is 12.1 Å². The molecule has 5 heteroatoms. The maximum Gasteiger partial charge on any atom is 0.153 e. The van der Waals surface area contributed by atoms with E-state index < -0.39 is 0 Å². The van der Waals surface area contributed by atoms with Gasteiger partial charge in [-0.1, -0.05) is 0 Å². The summed E-state index contributed by atoms with van der Waals surface area (Å²) in [5.41, 5.74) is 6.15. The average molecular weight is 239 g/mol. The van der Waals surface area contributed by atoms with Crippen LogP contribution in [0.4, 0.5) is 5.69 Å². The molecule has 0 fully saturated rings. The third-order valence-corrected chi connectivity index (χ3v) is 2.02. The number of pyridine rings is 1. The zero-order valence-corrected chi connectivity index (χ0v) is 8.27. The number of hydrogen-bond donors (Lipinski definition) is 1. The van der Waals surface area contributed by atoms with Crippen molar-refractivity contribution in [3.63, 3.8) is 0 Å². The molecular weight excluding hydrogens is 232 g/mol. The van der Waals surface area contributed by atoms with E-state index in [9.17, 15) is 0 Å². The van der Waals surface area contributed by atoms with Crippen molar-refractivity contribution in [1.29, 1.82) is 0 Å². The Morgan fingerprint density at radius 2 is 2.15 bits per heavy atom. The monoisotopic (exact) mass is 238 g/mol. The molecule has 0 aliphatic carbocycles. The summed E-state index contributed by atoms with van der Waals surface area (Å²) in [5, 5.41) is 4.03. The molecule has 13 heavy (non-hydrogen) atoms. The third-order valence-electron chi connectivity index (χ3n) is 1.55. The van der Waals surface area contributed by atoms with Crippen LogP contribution in [-0.2, 0) is 0 Å². The van der Waals surface area contributed by atoms with Gasteiger partial charge in [0, 0.05) is 10.7 Å². The number of rotatable bonds is 1. The third kappa shape index (κ3) is 1.70. The van der Waals surface area contributed by atoms with Crippen molar-refractivity contribution in [2.75, 3.05) is 5.73 Å². The van der Waals surface area contributed by atoms with Crippen molar-refractivity contribution >= 4 is 21.6 Å². The predicted molar refractivity (Wildman–Crippen MR) is 53.5 cm³/mol. The lowest BCUT2D eigenvalue weighted by Gasteiger charge is -1.98. The molecule has 0 aromatic carbocycles. The minimum atomic E-state index is 0.629. The Morgan fingerprint density at radius 3 is 2.69 bits per heavy atom. The van der Waals surface area contributed by atoms with Crippen molar-refractivity contribution in [3.8, 4) is 5.82 Å². The van der Waals surface area contributed by atoms with Gasteiger partial charge in [-0.2, -0.15) is 5.10 Å². The second-order valence-corrected chi connectivity index (χ2v) is 3.47. The summed E-state index contributed by atoms with van der Waals surface area (Å²) in [5.74, 6) is 0.750. The first-order valence-corrected chi connectivity index (χ1v) is 4.47. The second kappa shape index (κ2) is 3.18. The minimum Gasteiger partial charge on any atom is -0.396 e. The van der Waals surface area contributed by atoms with Gasteiger partial charge in [-0.25, -0.2) is 9.67 Å². The summed E-state index contributed by atoms with van der Waals surface area (Å²) in [6.07, 6.45) is 5.02. The van der Waals surface area contributed by atoms with Gasteiger partial charge in [0.1, 0.15) is 0 Å². The molecule has 0 spiro atoms. The number of anilines is 1. The smallest absolute Gasteiger partial charge is 0.153 e. The van der Waals surface area contributed by atoms with Crippen LogP contribution < -0.4 is 5.73 Å². The van der Waals surface area contributed by atoms with Gasteiger partial charge in [-0.3, -0.25) is 0 Å². The first kappa shape index (κ1) is 8.25. The van der Waals surface area contributed by atoms with Gasteiger partial charge in [0.2, 0.25) is 0 Å². The van der Waals surface area contributed by atoms with Gasteiger partial charge in [-0.05, 0) is 28.1 Å². The Balaban J connectivity index is 2.41. The Labute approximate surface area is 83.5 Å². The molecule has 0 bridgehead atoms. The normalized spacial score (nSPS) is 10.2. The molecule has 0 saturated carbocycles. The quantitative estimate of drug-likeness (QED) is 0.822. The van der Waals surface area contributed by atoms with Crippen LogP contribution in [0.5, 0.6) is 0 Å². The lowest BCUT2D eigenvalue weighted by atomic mass is 10.5. The highest BCUT2D eigenvalue weighted by molar-refractivity contribution is 9.10. The van der Waals surface area contributed by atoms with Crippen molar-refractivity contribution < 1.29 is 0 Å². The van der Waals surface area contributed by atoms with Crippen molar-refractivity contribution in [2.24, 2.45) is 0 Å². The molecule has 0 atom stereocenters. The van der Waals surface area contributed by atoms with E-state index in [2.05, 4.69) is 26.0 Å². The van der Waals surface area contributed by atoms with Gasteiger partial charge < -0.3 is 5.73 Å². The number of hydrogen-bond acceptors (Lipinski definition) is 3. The van der Waals surface area contributed by atoms with Crippen LogP contribution in [0.3, 0.4) is 0 Å². The maximum absolute atomic E-state index is 5.53. The van der Waals surface area contributed by atoms with Crippen LogP contribution in [-0.4, -0.2) is 14.8 Å². The standard InChI is InChI=1S/C8H7BrN4/c9-6-1-2-8(11-3-6)13-5-7(10)4-12-13/h1-5H,10H2. The highest BCUT2D eigenvalue weighted by Gasteiger charge is 1.98. The molecule has 0 unspecified atom stereocenters. The first-order chi connectivity index (χ1) is 6.25.